The van der Waals surface area contributed by atoms with Crippen LogP contribution < -0.4 is 16.2 Å². The van der Waals surface area contributed by atoms with E-state index in [0.717, 1.165) is 0 Å². The van der Waals surface area contributed by atoms with Crippen molar-refractivity contribution < 1.29 is 12.6 Å². The normalized spacial score (nSPS) is 13.2. The van der Waals surface area contributed by atoms with Gasteiger partial charge in [0.25, 0.3) is 0 Å². The van der Waals surface area contributed by atoms with Crippen LogP contribution in [0.4, 0.5) is 11.4 Å². The van der Waals surface area contributed by atoms with Gasteiger partial charge in [-0.05, 0) is 18.2 Å². The van der Waals surface area contributed by atoms with Gasteiger partial charge in [0.15, 0.2) is 0 Å². The zero-order chi connectivity index (χ0) is 13.8. The van der Waals surface area contributed by atoms with Gasteiger partial charge in [0.05, 0.1) is 16.3 Å². The number of nitrogens with two attached hydrogens (primary N) is 2. The zero-order valence-electron chi connectivity index (χ0n) is 10.0. The van der Waals surface area contributed by atoms with Crippen LogP contribution >= 0.6 is 0 Å². The third-order valence-electron chi connectivity index (χ3n) is 2.32. The summed E-state index contributed by atoms with van der Waals surface area (Å²) in [7, 11) is -4.58. The highest BCUT2D eigenvalue weighted by molar-refractivity contribution is 7.89. The number of benzene rings is 1. The van der Waals surface area contributed by atoms with Crippen molar-refractivity contribution in [3.63, 3.8) is 0 Å². The number of rotatable bonds is 6. The van der Waals surface area contributed by atoms with E-state index >= 15 is 0 Å². The Balaban J connectivity index is 2.72. The van der Waals surface area contributed by atoms with Crippen molar-refractivity contribution in [1.82, 2.24) is 0 Å². The Labute approximate surface area is 109 Å². The molecule has 0 radical (unpaired) electrons. The number of primary sulfonamides is 1. The van der Waals surface area contributed by atoms with Crippen LogP contribution in [0.15, 0.2) is 23.1 Å². The molecular weight excluding hydrogens is 274 g/mol. The third-order valence-corrected chi connectivity index (χ3v) is 4.53. The van der Waals surface area contributed by atoms with Crippen LogP contribution in [0.5, 0.6) is 0 Å². The Bertz CT molecular complexity index is 543. The first-order valence-electron chi connectivity index (χ1n) is 5.35. The van der Waals surface area contributed by atoms with E-state index in [1.165, 1.54) is 12.1 Å². The van der Waals surface area contributed by atoms with Crippen LogP contribution in [0.1, 0.15) is 6.92 Å². The van der Waals surface area contributed by atoms with Crippen molar-refractivity contribution in [2.24, 2.45) is 5.14 Å². The monoisotopic (exact) mass is 291 g/mol. The largest absolute Gasteiger partial charge is 0.397 e. The lowest BCUT2D eigenvalue weighted by molar-refractivity contribution is 0.598. The van der Waals surface area contributed by atoms with Gasteiger partial charge in [-0.25, -0.2) is 13.6 Å². The molecule has 0 aliphatic carbocycles. The summed E-state index contributed by atoms with van der Waals surface area (Å²) in [6.07, 6.45) is 0. The van der Waals surface area contributed by atoms with Gasteiger partial charge >= 0.3 is 0 Å². The molecule has 6 nitrogen and oxygen atoms in total. The van der Waals surface area contributed by atoms with E-state index < -0.39 is 20.8 Å². The van der Waals surface area contributed by atoms with Gasteiger partial charge in [0.1, 0.15) is 0 Å². The predicted octanol–water partition coefficient (Wildman–Crippen LogP) is 0.0967. The molecule has 1 unspecified atom stereocenters. The molecule has 0 aliphatic rings. The number of nitrogens with one attached hydrogen (secondary N) is 1. The van der Waals surface area contributed by atoms with E-state index in [0.29, 0.717) is 29.4 Å². The first-order valence-corrected chi connectivity index (χ1v) is 8.39. The number of hydrogen-bond acceptors (Lipinski definition) is 5. The fraction of sp³-hybridized carbons (Fsp3) is 0.400. The van der Waals surface area contributed by atoms with Gasteiger partial charge < -0.3 is 11.1 Å². The highest BCUT2D eigenvalue weighted by atomic mass is 32.2. The molecule has 0 saturated carbocycles. The smallest absolute Gasteiger partial charge is 0.238 e. The van der Waals surface area contributed by atoms with Crippen LogP contribution in [-0.2, 0) is 20.8 Å². The Morgan fingerprint density at radius 2 is 2.06 bits per heavy atom. The van der Waals surface area contributed by atoms with Crippen LogP contribution in [-0.4, -0.2) is 30.7 Å². The summed E-state index contributed by atoms with van der Waals surface area (Å²) < 4.78 is 33.4. The van der Waals surface area contributed by atoms with Gasteiger partial charge in [0.2, 0.25) is 10.0 Å². The van der Waals surface area contributed by atoms with Gasteiger partial charge in [-0.2, -0.15) is 0 Å². The average Bonchev–Trinajstić information content (AvgIpc) is 2.29. The summed E-state index contributed by atoms with van der Waals surface area (Å²) >= 11 is 0. The lowest BCUT2D eigenvalue weighted by Crippen LogP contribution is -2.15. The molecule has 5 N–H and O–H groups in total. The van der Waals surface area contributed by atoms with E-state index in [2.05, 4.69) is 5.32 Å². The van der Waals surface area contributed by atoms with Crippen LogP contribution in [0, 0.1) is 0 Å². The quantitative estimate of drug-likeness (QED) is 0.643. The first-order chi connectivity index (χ1) is 8.34. The fourth-order valence-corrected chi connectivity index (χ4v) is 2.49. The predicted molar refractivity (Wildman–Crippen MR) is 74.3 cm³/mol. The third kappa shape index (κ3) is 4.28. The van der Waals surface area contributed by atoms with Gasteiger partial charge in [-0.15, -0.1) is 0 Å². The summed E-state index contributed by atoms with van der Waals surface area (Å²) in [6.45, 7) is 2.37. The minimum absolute atomic E-state index is 0.0253. The molecule has 1 atom stereocenters. The standard InChI is InChI=1S/C10H17N3O3S2/c1-2-17(14)6-5-13-10-4-3-8(7-9(10)11)18(12,15)16/h3-4,7,13H,2,5-6,11H2,1H3,(H2,12,15,16). The van der Waals surface area contributed by atoms with Crippen LogP contribution in [0.2, 0.25) is 0 Å². The molecule has 1 aromatic carbocycles. The van der Waals surface area contributed by atoms with Crippen molar-refractivity contribution in [3.8, 4) is 0 Å². The Kier molecular flexibility index (Phi) is 5.12. The van der Waals surface area contributed by atoms with E-state index in [4.69, 9.17) is 10.9 Å². The van der Waals surface area contributed by atoms with Crippen molar-refractivity contribution >= 4 is 32.2 Å². The van der Waals surface area contributed by atoms with Gasteiger partial charge in [0, 0.05) is 28.9 Å². The molecule has 1 rings (SSSR count). The minimum Gasteiger partial charge on any atom is -0.397 e. The Morgan fingerprint density at radius 3 is 2.56 bits per heavy atom. The van der Waals surface area contributed by atoms with Crippen molar-refractivity contribution in [2.45, 2.75) is 11.8 Å². The number of nitrogen functional groups attached to an aromatic ring is 1. The maximum atomic E-state index is 11.2. The summed E-state index contributed by atoms with van der Waals surface area (Å²) in [4.78, 5) is -0.0253. The van der Waals surface area contributed by atoms with Crippen LogP contribution in [0.3, 0.4) is 0 Å². The number of hydrogen-bond donors (Lipinski definition) is 3. The Hall–Kier alpha value is -1.12. The highest BCUT2D eigenvalue weighted by Gasteiger charge is 2.09. The van der Waals surface area contributed by atoms with Crippen molar-refractivity contribution in [3.05, 3.63) is 18.2 Å². The number of anilines is 2. The van der Waals surface area contributed by atoms with E-state index in [1.54, 1.807) is 6.07 Å². The van der Waals surface area contributed by atoms with Crippen LogP contribution in [0.25, 0.3) is 0 Å². The molecule has 0 spiro atoms. The molecule has 0 fully saturated rings. The molecule has 0 aliphatic heterocycles. The minimum atomic E-state index is -3.74. The summed E-state index contributed by atoms with van der Waals surface area (Å²) in [5, 5.41) is 7.99. The van der Waals surface area contributed by atoms with Gasteiger partial charge in [-0.3, -0.25) is 4.21 Å². The van der Waals surface area contributed by atoms with Crippen molar-refractivity contribution in [1.29, 1.82) is 0 Å². The summed E-state index contributed by atoms with van der Waals surface area (Å²) in [5.74, 6) is 1.13. The first kappa shape index (κ1) is 14.9. The summed E-state index contributed by atoms with van der Waals surface area (Å²) in [6, 6.07) is 4.23. The molecule has 102 valence electrons. The molecule has 18 heavy (non-hydrogen) atoms. The van der Waals surface area contributed by atoms with E-state index in [-0.39, 0.29) is 4.90 Å². The van der Waals surface area contributed by atoms with E-state index in [1.807, 2.05) is 6.92 Å². The SMILES string of the molecule is CCS(=O)CCNc1ccc(S(N)(=O)=O)cc1N. The highest BCUT2D eigenvalue weighted by Crippen LogP contribution is 2.21. The molecule has 0 amide bonds. The second-order valence-corrected chi connectivity index (χ2v) is 7.08. The average molecular weight is 291 g/mol. The van der Waals surface area contributed by atoms with Gasteiger partial charge in [-0.1, -0.05) is 6.92 Å². The molecule has 0 heterocycles. The second kappa shape index (κ2) is 6.17. The maximum absolute atomic E-state index is 11.2. The lowest BCUT2D eigenvalue weighted by Gasteiger charge is -2.10. The topological polar surface area (TPSA) is 115 Å². The molecule has 0 aromatic heterocycles. The lowest BCUT2D eigenvalue weighted by atomic mass is 10.2. The maximum Gasteiger partial charge on any atom is 0.238 e. The molecule has 8 heteroatoms. The van der Waals surface area contributed by atoms with Crippen molar-refractivity contribution in [2.75, 3.05) is 29.1 Å². The molecule has 0 saturated heterocycles. The fourth-order valence-electron chi connectivity index (χ4n) is 1.32. The zero-order valence-corrected chi connectivity index (χ0v) is 11.7. The molecule has 1 aromatic rings. The second-order valence-electron chi connectivity index (χ2n) is 3.65. The molecular formula is C10H17N3O3S2. The Morgan fingerprint density at radius 1 is 1.39 bits per heavy atom. The molecule has 0 bridgehead atoms. The van der Waals surface area contributed by atoms with E-state index in [9.17, 15) is 12.6 Å². The number of sulfonamides is 1. The summed E-state index contributed by atoms with van der Waals surface area (Å²) in [5.41, 5.74) is 6.61.